The summed E-state index contributed by atoms with van der Waals surface area (Å²) in [6.45, 7) is 13.0. The minimum Gasteiger partial charge on any atom is -0.508 e. The number of hydrogen-bond donors (Lipinski definition) is 1. The molecule has 0 aliphatic heterocycles. The maximum Gasteiger partial charge on any atom is 0.139 e. The molecule has 3 nitrogen and oxygen atoms in total. The van der Waals surface area contributed by atoms with Gasteiger partial charge < -0.3 is 9.52 Å². The summed E-state index contributed by atoms with van der Waals surface area (Å²) < 4.78 is 22.3. The maximum atomic E-state index is 12.3. The summed E-state index contributed by atoms with van der Waals surface area (Å²) in [6.07, 6.45) is 0. The number of rotatable bonds is 0. The van der Waals surface area contributed by atoms with E-state index in [2.05, 4.69) is 132 Å². The number of phenols is 1. The van der Waals surface area contributed by atoms with Crippen LogP contribution in [0.2, 0.25) is 0 Å². The van der Waals surface area contributed by atoms with Gasteiger partial charge in [0.25, 0.3) is 0 Å². The van der Waals surface area contributed by atoms with E-state index in [0.29, 0.717) is 10.2 Å². The molecular weight excluding hydrogens is 680 g/mol. The molecule has 1 heterocycles. The van der Waals surface area contributed by atoms with Crippen LogP contribution in [0, 0.1) is 5.82 Å². The Labute approximate surface area is 295 Å². The first-order chi connectivity index (χ1) is 22.3. The Balaban J connectivity index is 0.000000202. The van der Waals surface area contributed by atoms with Crippen LogP contribution < -0.4 is 0 Å². The van der Waals surface area contributed by atoms with Gasteiger partial charge in [-0.3, -0.25) is 4.74 Å². The van der Waals surface area contributed by atoms with Gasteiger partial charge >= 0.3 is 0 Å². The van der Waals surface area contributed by atoms with E-state index in [9.17, 15) is 9.50 Å². The molecule has 0 saturated heterocycles. The maximum absolute atomic E-state index is 12.3. The van der Waals surface area contributed by atoms with E-state index in [-0.39, 0.29) is 24.1 Å². The van der Waals surface area contributed by atoms with Gasteiger partial charge in [-0.25, -0.2) is 4.39 Å². The van der Waals surface area contributed by atoms with Crippen LogP contribution in [0.5, 0.6) is 5.75 Å². The van der Waals surface area contributed by atoms with Gasteiger partial charge in [-0.1, -0.05) is 128 Å². The van der Waals surface area contributed by atoms with E-state index < -0.39 is 0 Å². The van der Waals surface area contributed by atoms with Gasteiger partial charge in [-0.05, 0) is 99.3 Å². The smallest absolute Gasteiger partial charge is 0.139 e. The number of benzene rings is 6. The topological polar surface area (TPSA) is 45.7 Å². The molecule has 6 heteroatoms. The SMILES string of the molecule is C.CC(C)(C)c1cc2ccccc2c2c1oc1ccccc12.CC(C)(C)c1cc2ccccc2cc1O.CN=P.Fc1ccccc1Br. The van der Waals surface area contributed by atoms with Crippen LogP contribution >= 0.6 is 25.0 Å². The van der Waals surface area contributed by atoms with E-state index in [1.54, 1.807) is 25.2 Å². The largest absolute Gasteiger partial charge is 0.508 e. The van der Waals surface area contributed by atoms with Crippen LogP contribution in [-0.2, 0) is 10.8 Å². The Morgan fingerprint density at radius 1 is 0.667 bits per heavy atom. The Kier molecular flexibility index (Phi) is 13.1. The second-order valence-electron chi connectivity index (χ2n) is 13.3. The molecule has 0 radical (unpaired) electrons. The lowest BCUT2D eigenvalue weighted by Crippen LogP contribution is -2.11. The Hall–Kier alpha value is -4.05. The average Bonchev–Trinajstić information content (AvgIpc) is 3.42. The van der Waals surface area contributed by atoms with E-state index in [4.69, 9.17) is 4.42 Å². The summed E-state index contributed by atoms with van der Waals surface area (Å²) in [4.78, 5) is 0. The third-order valence-electron chi connectivity index (χ3n) is 7.67. The third kappa shape index (κ3) is 9.09. The molecular formula is C42H46BrFNO2P. The summed E-state index contributed by atoms with van der Waals surface area (Å²) >= 11 is 3.02. The number of hydrogen-bond acceptors (Lipinski definition) is 3. The molecule has 7 aromatic rings. The van der Waals surface area contributed by atoms with Crippen LogP contribution in [0.25, 0.3) is 43.5 Å². The van der Waals surface area contributed by atoms with Crippen molar-refractivity contribution in [1.29, 1.82) is 0 Å². The fourth-order valence-electron chi connectivity index (χ4n) is 5.40. The molecule has 0 spiro atoms. The molecule has 0 fully saturated rings. The van der Waals surface area contributed by atoms with Crippen molar-refractivity contribution in [3.05, 3.63) is 137 Å². The van der Waals surface area contributed by atoms with Gasteiger partial charge in [-0.15, -0.1) is 0 Å². The summed E-state index contributed by atoms with van der Waals surface area (Å²) in [5.74, 6) is 0.175. The van der Waals surface area contributed by atoms with Crippen molar-refractivity contribution in [3.63, 3.8) is 0 Å². The molecule has 48 heavy (non-hydrogen) atoms. The normalized spacial score (nSPS) is 11.0. The zero-order valence-electron chi connectivity index (χ0n) is 28.0. The van der Waals surface area contributed by atoms with Gasteiger partial charge in [0, 0.05) is 23.4 Å². The highest BCUT2D eigenvalue weighted by Gasteiger charge is 2.23. The first kappa shape index (κ1) is 38.4. The minimum absolute atomic E-state index is 0. The number of para-hydroxylation sites is 1. The summed E-state index contributed by atoms with van der Waals surface area (Å²) in [6, 6.07) is 37.7. The number of phenolic OH excluding ortho intramolecular Hbond substituents is 1. The summed E-state index contributed by atoms with van der Waals surface area (Å²) in [5.41, 5.74) is 4.30. The lowest BCUT2D eigenvalue weighted by Gasteiger charge is -2.21. The van der Waals surface area contributed by atoms with Crippen molar-refractivity contribution in [1.82, 2.24) is 0 Å². The third-order valence-corrected chi connectivity index (χ3v) is 8.32. The molecule has 0 atom stereocenters. The molecule has 0 amide bonds. The van der Waals surface area contributed by atoms with E-state index >= 15 is 0 Å². The van der Waals surface area contributed by atoms with Crippen molar-refractivity contribution < 1.29 is 13.9 Å². The van der Waals surface area contributed by atoms with Crippen LogP contribution in [0.1, 0.15) is 60.1 Å². The standard InChI is InChI=1S/C20H18O.C14H16O.C6H4BrF.CH4NP.CH4/c1-20(2,3)16-12-13-8-4-5-9-14(13)18-15-10-6-7-11-17(15)21-19(16)18;1-14(2,3)12-8-10-6-4-5-7-11(10)9-13(12)15;7-5-3-1-2-4-6(5)8;1-2-3;/h4-12H,1-3H3;4-9,15H,1-3H3;1-4H;3H,1H3;1H4. The fraction of sp³-hybridized carbons (Fsp3) is 0.238. The summed E-state index contributed by atoms with van der Waals surface area (Å²) in [7, 11) is 4.47. The number of fused-ring (bicyclic) bond motifs is 6. The minimum atomic E-state index is -0.215. The van der Waals surface area contributed by atoms with Crippen molar-refractivity contribution in [2.45, 2.75) is 59.8 Å². The number of halogens is 2. The van der Waals surface area contributed by atoms with Crippen molar-refractivity contribution in [2.75, 3.05) is 7.05 Å². The predicted molar refractivity (Wildman–Crippen MR) is 212 cm³/mol. The van der Waals surface area contributed by atoms with Crippen molar-refractivity contribution >= 4 is 68.4 Å². The van der Waals surface area contributed by atoms with Crippen LogP contribution in [0.4, 0.5) is 4.39 Å². The molecule has 0 unspecified atom stereocenters. The first-order valence-electron chi connectivity index (χ1n) is 15.5. The molecule has 0 aliphatic rings. The molecule has 0 saturated carbocycles. The highest BCUT2D eigenvalue weighted by molar-refractivity contribution is 9.10. The number of aromatic hydroxyl groups is 1. The second-order valence-corrected chi connectivity index (χ2v) is 14.6. The van der Waals surface area contributed by atoms with Gasteiger partial charge in [0.05, 0.1) is 4.47 Å². The zero-order valence-corrected chi connectivity index (χ0v) is 30.6. The molecule has 0 bridgehead atoms. The van der Waals surface area contributed by atoms with Gasteiger partial charge in [0.2, 0.25) is 0 Å². The molecule has 7 rings (SSSR count). The Bertz CT molecular complexity index is 2120. The van der Waals surface area contributed by atoms with Crippen LogP contribution in [0.15, 0.2) is 129 Å². The number of nitrogens with zero attached hydrogens (tertiary/aromatic N) is 1. The lowest BCUT2D eigenvalue weighted by molar-refractivity contribution is 0.448. The first-order valence-corrected chi connectivity index (χ1v) is 16.7. The van der Waals surface area contributed by atoms with Crippen molar-refractivity contribution in [2.24, 2.45) is 4.74 Å². The highest BCUT2D eigenvalue weighted by Crippen LogP contribution is 2.40. The quantitative estimate of drug-likeness (QED) is 0.158. The average molecular weight is 727 g/mol. The van der Waals surface area contributed by atoms with E-state index in [1.165, 1.54) is 38.6 Å². The highest BCUT2D eigenvalue weighted by atomic mass is 79.9. The van der Waals surface area contributed by atoms with Gasteiger partial charge in [-0.2, -0.15) is 0 Å². The zero-order chi connectivity index (χ0) is 34.4. The molecule has 1 aromatic heterocycles. The van der Waals surface area contributed by atoms with E-state index in [1.807, 2.05) is 30.3 Å². The Morgan fingerprint density at radius 2 is 1.12 bits per heavy atom. The van der Waals surface area contributed by atoms with Gasteiger partial charge in [0.15, 0.2) is 0 Å². The molecule has 0 aliphatic carbocycles. The van der Waals surface area contributed by atoms with Crippen molar-refractivity contribution in [3.8, 4) is 5.75 Å². The van der Waals surface area contributed by atoms with Gasteiger partial charge in [0.1, 0.15) is 22.7 Å². The molecule has 250 valence electrons. The lowest BCUT2D eigenvalue weighted by atomic mass is 9.84. The molecule has 6 aromatic carbocycles. The summed E-state index contributed by atoms with van der Waals surface area (Å²) in [5, 5.41) is 17.2. The number of furan rings is 1. The van der Waals surface area contributed by atoms with E-state index in [0.717, 1.165) is 22.1 Å². The monoisotopic (exact) mass is 725 g/mol. The fourth-order valence-corrected chi connectivity index (χ4v) is 5.68. The van der Waals surface area contributed by atoms with Crippen LogP contribution in [0.3, 0.4) is 0 Å². The second kappa shape index (κ2) is 16.4. The molecule has 1 N–H and O–H groups in total. The van der Waals surface area contributed by atoms with Crippen LogP contribution in [-0.4, -0.2) is 12.2 Å². The Morgan fingerprint density at radius 3 is 1.67 bits per heavy atom. The predicted octanol–water partition coefficient (Wildman–Crippen LogP) is 14.0.